The number of para-hydroxylation sites is 1. The first kappa shape index (κ1) is 34.4. The summed E-state index contributed by atoms with van der Waals surface area (Å²) < 4.78 is 10.8. The van der Waals surface area contributed by atoms with Crippen molar-refractivity contribution in [1.82, 2.24) is 19.3 Å². The van der Waals surface area contributed by atoms with Gasteiger partial charge in [-0.1, -0.05) is 76.5 Å². The van der Waals surface area contributed by atoms with E-state index in [0.29, 0.717) is 11.5 Å². The van der Waals surface area contributed by atoms with Crippen LogP contribution in [0.15, 0.2) is 85.1 Å². The minimum absolute atomic E-state index is 0. The Morgan fingerprint density at radius 2 is 1.51 bits per heavy atom. The maximum atomic E-state index is 6.62. The van der Waals surface area contributed by atoms with Crippen LogP contribution in [0.4, 0.5) is 0 Å². The number of hydrogen-bond acceptors (Lipinski definition) is 3. The van der Waals surface area contributed by atoms with Gasteiger partial charge in [0, 0.05) is 34.5 Å². The molecule has 250 valence electrons. The topological polar surface area (TPSA) is 44.9 Å². The number of pyridine rings is 1. The molecular formula is C43H42N4OPt. The van der Waals surface area contributed by atoms with Crippen LogP contribution in [0, 0.1) is 26.0 Å². The molecule has 0 atom stereocenters. The third kappa shape index (κ3) is 6.26. The van der Waals surface area contributed by atoms with Crippen LogP contribution in [0.2, 0.25) is 0 Å². The van der Waals surface area contributed by atoms with E-state index < -0.39 is 0 Å². The van der Waals surface area contributed by atoms with Crippen molar-refractivity contribution in [2.75, 3.05) is 0 Å². The first-order valence-corrected chi connectivity index (χ1v) is 17.1. The molecule has 0 aliphatic rings. The summed E-state index contributed by atoms with van der Waals surface area (Å²) in [5.74, 6) is 2.43. The van der Waals surface area contributed by atoms with Gasteiger partial charge in [0.25, 0.3) is 0 Å². The number of ether oxygens (including phenoxy) is 1. The van der Waals surface area contributed by atoms with Crippen molar-refractivity contribution in [2.45, 2.75) is 73.6 Å². The second-order valence-electron chi connectivity index (χ2n) is 12.8. The summed E-state index contributed by atoms with van der Waals surface area (Å²) in [6.07, 6.45) is 4.77. The summed E-state index contributed by atoms with van der Waals surface area (Å²) in [6, 6.07) is 34.9. The molecule has 7 rings (SSSR count). The number of hydrogen-bond donors (Lipinski definition) is 0. The Kier molecular flexibility index (Phi) is 9.95. The zero-order chi connectivity index (χ0) is 33.5. The molecule has 0 spiro atoms. The molecule has 3 heterocycles. The van der Waals surface area contributed by atoms with Gasteiger partial charge >= 0.3 is 21.1 Å². The largest absolute Gasteiger partial charge is 2.00 e. The number of rotatable bonds is 9. The Morgan fingerprint density at radius 1 is 0.755 bits per heavy atom. The molecular weight excluding hydrogens is 784 g/mol. The fourth-order valence-electron chi connectivity index (χ4n) is 6.95. The van der Waals surface area contributed by atoms with Crippen molar-refractivity contribution in [3.05, 3.63) is 131 Å². The van der Waals surface area contributed by atoms with Gasteiger partial charge in [-0.05, 0) is 90.6 Å². The molecule has 0 unspecified atom stereocenters. The molecule has 0 saturated carbocycles. The number of benzene rings is 4. The van der Waals surface area contributed by atoms with Gasteiger partial charge < -0.3 is 9.30 Å². The van der Waals surface area contributed by atoms with E-state index in [1.54, 1.807) is 0 Å². The summed E-state index contributed by atoms with van der Waals surface area (Å²) in [5.41, 5.74) is 12.6. The molecule has 0 bridgehead atoms. The van der Waals surface area contributed by atoms with Gasteiger partial charge in [-0.3, -0.25) is 4.68 Å². The molecule has 0 N–H and O–H groups in total. The first-order chi connectivity index (χ1) is 23.3. The van der Waals surface area contributed by atoms with Gasteiger partial charge in [-0.15, -0.1) is 41.3 Å². The van der Waals surface area contributed by atoms with Crippen molar-refractivity contribution in [2.24, 2.45) is 0 Å². The van der Waals surface area contributed by atoms with E-state index in [2.05, 4.69) is 138 Å². The average Bonchev–Trinajstić information content (AvgIpc) is 3.59. The van der Waals surface area contributed by atoms with Crippen LogP contribution in [-0.4, -0.2) is 19.3 Å². The predicted octanol–water partition coefficient (Wildman–Crippen LogP) is 10.8. The van der Waals surface area contributed by atoms with E-state index in [1.807, 2.05) is 16.9 Å². The molecule has 0 fully saturated rings. The standard InChI is InChI=1S/C43H42N4O.Pt/c1-8-30-20-21-44-41(22-30)46-39-17-12-11-16-37(39)38-19-18-35(26-40(38)46)48-36-24-33(27(4)5)23-34(25-36)47-29(7)42(28(6)45-47)43-31(9-2)14-13-15-32(43)10-3;/h11-24,27H,8-10H2,1-7H3;/q-2;+2. The van der Waals surface area contributed by atoms with Crippen LogP contribution in [0.5, 0.6) is 11.5 Å². The fraction of sp³-hybridized carbons (Fsp3) is 0.256. The van der Waals surface area contributed by atoms with Crippen molar-refractivity contribution >= 4 is 21.8 Å². The first-order valence-electron chi connectivity index (χ1n) is 17.1. The molecule has 0 amide bonds. The quantitative estimate of drug-likeness (QED) is 0.136. The Morgan fingerprint density at radius 3 is 2.22 bits per heavy atom. The summed E-state index contributed by atoms with van der Waals surface area (Å²) in [4.78, 5) is 4.77. The molecule has 0 aliphatic carbocycles. The minimum Gasteiger partial charge on any atom is -0.509 e. The molecule has 49 heavy (non-hydrogen) atoms. The van der Waals surface area contributed by atoms with Gasteiger partial charge in [0.15, 0.2) is 0 Å². The minimum atomic E-state index is 0. The van der Waals surface area contributed by atoms with E-state index >= 15 is 0 Å². The molecule has 4 aromatic carbocycles. The predicted molar refractivity (Wildman–Crippen MR) is 197 cm³/mol. The van der Waals surface area contributed by atoms with Crippen LogP contribution < -0.4 is 4.74 Å². The van der Waals surface area contributed by atoms with E-state index in [-0.39, 0.29) is 27.0 Å². The Balaban J connectivity index is 0.00000417. The number of aromatic nitrogens is 4. The van der Waals surface area contributed by atoms with E-state index in [4.69, 9.17) is 14.8 Å². The third-order valence-electron chi connectivity index (χ3n) is 9.51. The Bertz CT molecular complexity index is 2270. The monoisotopic (exact) mass is 825 g/mol. The van der Waals surface area contributed by atoms with Gasteiger partial charge in [-0.25, -0.2) is 4.98 Å². The number of fused-ring (bicyclic) bond motifs is 3. The van der Waals surface area contributed by atoms with Crippen molar-refractivity contribution in [3.63, 3.8) is 0 Å². The smallest absolute Gasteiger partial charge is 0.509 e. The number of aryl methyl sites for hydroxylation is 4. The zero-order valence-corrected chi connectivity index (χ0v) is 31.6. The van der Waals surface area contributed by atoms with Crippen LogP contribution >= 0.6 is 0 Å². The molecule has 0 aliphatic heterocycles. The van der Waals surface area contributed by atoms with E-state index in [1.165, 1.54) is 27.8 Å². The summed E-state index contributed by atoms with van der Waals surface area (Å²) in [5, 5.41) is 7.36. The molecule has 5 nitrogen and oxygen atoms in total. The maximum absolute atomic E-state index is 6.62. The van der Waals surface area contributed by atoms with Crippen molar-refractivity contribution in [3.8, 4) is 34.1 Å². The number of nitrogens with zero attached hydrogens (tertiary/aromatic N) is 4. The van der Waals surface area contributed by atoms with Gasteiger partial charge in [-0.2, -0.15) is 11.2 Å². The van der Waals surface area contributed by atoms with Gasteiger partial charge in [0.05, 0.1) is 5.69 Å². The van der Waals surface area contributed by atoms with E-state index in [0.717, 1.165) is 69.5 Å². The SMILES string of the molecule is CCc1ccnc(-n2c3[c-]c(Oc4[c-]c(-n5nc(C)c(-c6c(CC)cccc6CC)c5C)cc(C(C)C)c4)ccc3c3ccccc32)c1.[Pt+2]. The van der Waals surface area contributed by atoms with Gasteiger partial charge in [0.2, 0.25) is 0 Å². The normalized spacial score (nSPS) is 11.4. The summed E-state index contributed by atoms with van der Waals surface area (Å²) in [6.45, 7) is 15.3. The average molecular weight is 826 g/mol. The molecule has 0 saturated heterocycles. The maximum Gasteiger partial charge on any atom is 2.00 e. The summed E-state index contributed by atoms with van der Waals surface area (Å²) >= 11 is 0. The molecule has 6 heteroatoms. The molecule has 7 aromatic rings. The van der Waals surface area contributed by atoms with Crippen LogP contribution in [0.1, 0.15) is 74.2 Å². The molecule has 0 radical (unpaired) electrons. The Hall–Kier alpha value is -4.47. The van der Waals surface area contributed by atoms with Gasteiger partial charge in [0.1, 0.15) is 5.82 Å². The fourth-order valence-corrected chi connectivity index (χ4v) is 6.95. The van der Waals surface area contributed by atoms with Crippen molar-refractivity contribution < 1.29 is 25.8 Å². The zero-order valence-electron chi connectivity index (χ0n) is 29.3. The second kappa shape index (κ2) is 14.2. The van der Waals surface area contributed by atoms with Crippen molar-refractivity contribution in [1.29, 1.82) is 0 Å². The van der Waals surface area contributed by atoms with E-state index in [9.17, 15) is 0 Å². The van der Waals surface area contributed by atoms with Crippen LogP contribution in [0.25, 0.3) is 44.4 Å². The third-order valence-corrected chi connectivity index (χ3v) is 9.51. The Labute approximate surface area is 304 Å². The van der Waals surface area contributed by atoms with Crippen LogP contribution in [-0.2, 0) is 40.3 Å². The van der Waals surface area contributed by atoms with Crippen LogP contribution in [0.3, 0.4) is 0 Å². The second-order valence-corrected chi connectivity index (χ2v) is 12.8. The summed E-state index contributed by atoms with van der Waals surface area (Å²) in [7, 11) is 0. The molecule has 3 aromatic heterocycles.